The lowest BCUT2D eigenvalue weighted by Crippen LogP contribution is -2.29. The van der Waals surface area contributed by atoms with Crippen molar-refractivity contribution in [3.63, 3.8) is 0 Å². The molecule has 1 aliphatic heterocycles. The Bertz CT molecular complexity index is 474. The Balaban J connectivity index is 1.84. The van der Waals surface area contributed by atoms with Crippen LogP contribution in [-0.2, 0) is 4.79 Å². The molecule has 3 N–H and O–H groups in total. The smallest absolute Gasteiger partial charge is 0.225 e. The monoisotopic (exact) mass is 309 g/mol. The highest BCUT2D eigenvalue weighted by Crippen LogP contribution is 2.26. The van der Waals surface area contributed by atoms with Crippen LogP contribution in [0, 0.1) is 0 Å². The number of anilines is 2. The number of nitrogens with two attached hydrogens (primary N) is 1. The highest BCUT2D eigenvalue weighted by atomic mass is 32.2. The lowest BCUT2D eigenvalue weighted by atomic mass is 10.2. The maximum atomic E-state index is 12.1. The van der Waals surface area contributed by atoms with E-state index in [9.17, 15) is 4.79 Å². The van der Waals surface area contributed by atoms with Crippen LogP contribution in [0.2, 0.25) is 0 Å². The van der Waals surface area contributed by atoms with Gasteiger partial charge in [0.15, 0.2) is 0 Å². The fourth-order valence-electron chi connectivity index (χ4n) is 2.30. The summed E-state index contributed by atoms with van der Waals surface area (Å²) in [4.78, 5) is 14.4. The molecular weight excluding hydrogens is 286 g/mol. The Labute approximate surface area is 130 Å². The van der Waals surface area contributed by atoms with Gasteiger partial charge in [-0.05, 0) is 30.9 Å². The summed E-state index contributed by atoms with van der Waals surface area (Å²) in [6.45, 7) is 2.97. The van der Waals surface area contributed by atoms with Gasteiger partial charge < -0.3 is 20.7 Å². The van der Waals surface area contributed by atoms with Crippen molar-refractivity contribution in [1.29, 1.82) is 0 Å². The molecule has 1 amide bonds. The van der Waals surface area contributed by atoms with Gasteiger partial charge in [-0.3, -0.25) is 4.79 Å². The Morgan fingerprint density at radius 2 is 2.29 bits per heavy atom. The van der Waals surface area contributed by atoms with Gasteiger partial charge in [-0.25, -0.2) is 0 Å². The highest BCUT2D eigenvalue weighted by Gasteiger charge is 2.12. The van der Waals surface area contributed by atoms with E-state index < -0.39 is 0 Å². The van der Waals surface area contributed by atoms with Crippen LogP contribution in [0.5, 0.6) is 5.75 Å². The number of amides is 1. The van der Waals surface area contributed by atoms with Gasteiger partial charge in [0.1, 0.15) is 5.75 Å². The topological polar surface area (TPSA) is 67.6 Å². The molecule has 1 aliphatic rings. The van der Waals surface area contributed by atoms with Crippen LogP contribution in [0.3, 0.4) is 0 Å². The van der Waals surface area contributed by atoms with Crippen molar-refractivity contribution in [3.8, 4) is 5.75 Å². The van der Waals surface area contributed by atoms with Gasteiger partial charge in [0.05, 0.1) is 12.8 Å². The molecule has 0 atom stereocenters. The van der Waals surface area contributed by atoms with Gasteiger partial charge in [-0.1, -0.05) is 0 Å². The number of benzene rings is 1. The van der Waals surface area contributed by atoms with Crippen molar-refractivity contribution in [2.75, 3.05) is 49.3 Å². The number of rotatable bonds is 5. The Morgan fingerprint density at radius 1 is 1.43 bits per heavy atom. The van der Waals surface area contributed by atoms with Crippen molar-refractivity contribution in [2.24, 2.45) is 0 Å². The van der Waals surface area contributed by atoms with Crippen molar-refractivity contribution >= 4 is 29.0 Å². The van der Waals surface area contributed by atoms with Crippen LogP contribution in [0.15, 0.2) is 18.2 Å². The number of carbonyl (C=O) groups is 1. The van der Waals surface area contributed by atoms with Gasteiger partial charge in [-0.15, -0.1) is 0 Å². The predicted octanol–water partition coefficient (Wildman–Crippen LogP) is 2.04. The van der Waals surface area contributed by atoms with Crippen LogP contribution in [0.25, 0.3) is 0 Å². The van der Waals surface area contributed by atoms with E-state index in [0.717, 1.165) is 25.4 Å². The second-order valence-corrected chi connectivity index (χ2v) is 6.29. The van der Waals surface area contributed by atoms with Crippen molar-refractivity contribution in [3.05, 3.63) is 18.2 Å². The molecule has 1 saturated heterocycles. The van der Waals surface area contributed by atoms with Gasteiger partial charge >= 0.3 is 0 Å². The van der Waals surface area contributed by atoms with E-state index in [1.165, 1.54) is 12.2 Å². The molecule has 1 aromatic carbocycles. The lowest BCUT2D eigenvalue weighted by Gasteiger charge is -2.19. The van der Waals surface area contributed by atoms with Gasteiger partial charge in [0.25, 0.3) is 0 Å². The van der Waals surface area contributed by atoms with E-state index in [1.54, 1.807) is 25.3 Å². The van der Waals surface area contributed by atoms with Crippen molar-refractivity contribution < 1.29 is 9.53 Å². The van der Waals surface area contributed by atoms with Crippen LogP contribution < -0.4 is 15.8 Å². The first kappa shape index (κ1) is 16.0. The molecule has 0 unspecified atom stereocenters. The largest absolute Gasteiger partial charge is 0.494 e. The van der Waals surface area contributed by atoms with Crippen molar-refractivity contribution in [2.45, 2.75) is 12.8 Å². The second kappa shape index (κ2) is 8.14. The predicted molar refractivity (Wildman–Crippen MR) is 89.0 cm³/mol. The molecule has 0 aromatic heterocycles. The van der Waals surface area contributed by atoms with Crippen LogP contribution >= 0.6 is 11.8 Å². The molecule has 1 heterocycles. The first-order valence-corrected chi connectivity index (χ1v) is 8.38. The number of nitrogen functional groups attached to an aromatic ring is 1. The number of nitrogens with zero attached hydrogens (tertiary/aromatic N) is 1. The molecule has 0 aliphatic carbocycles. The molecule has 1 aromatic rings. The third kappa shape index (κ3) is 5.13. The maximum absolute atomic E-state index is 12.1. The molecular formula is C15H23N3O2S. The number of nitrogens with one attached hydrogen (secondary N) is 1. The summed E-state index contributed by atoms with van der Waals surface area (Å²) in [6, 6.07) is 5.24. The number of hydrogen-bond donors (Lipinski definition) is 2. The molecule has 0 bridgehead atoms. The zero-order chi connectivity index (χ0) is 15.1. The highest BCUT2D eigenvalue weighted by molar-refractivity contribution is 7.99. The quantitative estimate of drug-likeness (QED) is 0.815. The Kier molecular flexibility index (Phi) is 6.20. The molecule has 5 nitrogen and oxygen atoms in total. The zero-order valence-corrected chi connectivity index (χ0v) is 13.2. The third-order valence-electron chi connectivity index (χ3n) is 3.47. The molecule has 1 fully saturated rings. The standard InChI is InChI=1S/C15H23N3O2S/c1-20-14-11-12(16)3-4-13(14)17-15(19)5-7-18-6-2-9-21-10-8-18/h3-4,11H,2,5-10,16H2,1H3,(H,17,19). The van der Waals surface area contributed by atoms with E-state index in [0.29, 0.717) is 23.5 Å². The minimum Gasteiger partial charge on any atom is -0.494 e. The average Bonchev–Trinajstić information content (AvgIpc) is 2.75. The minimum absolute atomic E-state index is 0.00923. The van der Waals surface area contributed by atoms with E-state index >= 15 is 0 Å². The summed E-state index contributed by atoms with van der Waals surface area (Å²) < 4.78 is 5.23. The molecule has 21 heavy (non-hydrogen) atoms. The van der Waals surface area contributed by atoms with E-state index in [1.807, 2.05) is 11.8 Å². The van der Waals surface area contributed by atoms with Gasteiger partial charge in [0, 0.05) is 37.0 Å². The lowest BCUT2D eigenvalue weighted by molar-refractivity contribution is -0.116. The fraction of sp³-hybridized carbons (Fsp3) is 0.533. The van der Waals surface area contributed by atoms with Gasteiger partial charge in [0.2, 0.25) is 5.91 Å². The summed E-state index contributed by atoms with van der Waals surface area (Å²) >= 11 is 1.99. The van der Waals surface area contributed by atoms with Crippen molar-refractivity contribution in [1.82, 2.24) is 4.90 Å². The van der Waals surface area contributed by atoms with E-state index in [-0.39, 0.29) is 5.91 Å². The first-order chi connectivity index (χ1) is 10.2. The molecule has 2 rings (SSSR count). The molecule has 6 heteroatoms. The summed E-state index contributed by atoms with van der Waals surface area (Å²) in [7, 11) is 1.57. The molecule has 116 valence electrons. The summed E-state index contributed by atoms with van der Waals surface area (Å²) in [6.07, 6.45) is 1.70. The van der Waals surface area contributed by atoms with Crippen LogP contribution in [0.4, 0.5) is 11.4 Å². The number of methoxy groups -OCH3 is 1. The van der Waals surface area contributed by atoms with Gasteiger partial charge in [-0.2, -0.15) is 11.8 Å². The Morgan fingerprint density at radius 3 is 3.10 bits per heavy atom. The maximum Gasteiger partial charge on any atom is 0.225 e. The number of carbonyl (C=O) groups excluding carboxylic acids is 1. The van der Waals surface area contributed by atoms with E-state index in [2.05, 4.69) is 10.2 Å². The summed E-state index contributed by atoms with van der Waals surface area (Å²) in [5.74, 6) is 2.99. The Hall–Kier alpha value is -1.40. The third-order valence-corrected chi connectivity index (χ3v) is 4.52. The second-order valence-electron chi connectivity index (χ2n) is 5.07. The number of ether oxygens (including phenoxy) is 1. The summed E-state index contributed by atoms with van der Waals surface area (Å²) in [5.41, 5.74) is 6.99. The normalized spacial score (nSPS) is 16.2. The molecule has 0 saturated carbocycles. The number of thioether (sulfide) groups is 1. The fourth-order valence-corrected chi connectivity index (χ4v) is 3.23. The molecule has 0 radical (unpaired) electrons. The first-order valence-electron chi connectivity index (χ1n) is 7.22. The zero-order valence-electron chi connectivity index (χ0n) is 12.4. The average molecular weight is 309 g/mol. The number of hydrogen-bond acceptors (Lipinski definition) is 5. The van der Waals surface area contributed by atoms with Crippen LogP contribution in [0.1, 0.15) is 12.8 Å². The SMILES string of the molecule is COc1cc(N)ccc1NC(=O)CCN1CCCSCC1. The minimum atomic E-state index is 0.00923. The van der Waals surface area contributed by atoms with Crippen LogP contribution in [-0.4, -0.2) is 49.1 Å². The van der Waals surface area contributed by atoms with E-state index in [4.69, 9.17) is 10.5 Å². The summed E-state index contributed by atoms with van der Waals surface area (Å²) in [5, 5.41) is 2.89. The molecule has 0 spiro atoms.